The summed E-state index contributed by atoms with van der Waals surface area (Å²) in [6.45, 7) is 7.04. The molecule has 4 heteroatoms. The van der Waals surface area contributed by atoms with Gasteiger partial charge in [0.2, 0.25) is 0 Å². The van der Waals surface area contributed by atoms with Crippen molar-refractivity contribution < 1.29 is 0 Å². The van der Waals surface area contributed by atoms with Gasteiger partial charge in [-0.2, -0.15) is 0 Å². The number of aromatic nitrogens is 2. The third kappa shape index (κ3) is 2.84. The highest BCUT2D eigenvalue weighted by atomic mass is 35.5. The number of anilines is 1. The molecule has 0 unspecified atom stereocenters. The molecule has 0 spiro atoms. The summed E-state index contributed by atoms with van der Waals surface area (Å²) in [5.74, 6) is 1.56. The van der Waals surface area contributed by atoms with Crippen LogP contribution < -0.4 is 4.90 Å². The third-order valence-electron chi connectivity index (χ3n) is 2.03. The van der Waals surface area contributed by atoms with Crippen LogP contribution in [-0.2, 0) is 0 Å². The topological polar surface area (TPSA) is 29.0 Å². The van der Waals surface area contributed by atoms with Crippen molar-refractivity contribution in [2.45, 2.75) is 26.8 Å². The summed E-state index contributed by atoms with van der Waals surface area (Å²) in [7, 11) is 0. The summed E-state index contributed by atoms with van der Waals surface area (Å²) < 4.78 is 0. The first-order chi connectivity index (χ1) is 6.65. The Morgan fingerprint density at radius 3 is 2.64 bits per heavy atom. The predicted octanol–water partition coefficient (Wildman–Crippen LogP) is 2.24. The minimum Gasteiger partial charge on any atom is -0.353 e. The van der Waals surface area contributed by atoms with Gasteiger partial charge in [-0.25, -0.2) is 9.97 Å². The van der Waals surface area contributed by atoms with Crippen molar-refractivity contribution in [1.82, 2.24) is 9.97 Å². The molecule has 0 fully saturated rings. The molecular formula is C10H16ClN3. The zero-order valence-electron chi connectivity index (χ0n) is 8.87. The number of hydrogen-bond acceptors (Lipinski definition) is 3. The van der Waals surface area contributed by atoms with Gasteiger partial charge in [-0.1, -0.05) is 0 Å². The second kappa shape index (κ2) is 5.15. The van der Waals surface area contributed by atoms with E-state index in [1.165, 1.54) is 0 Å². The van der Waals surface area contributed by atoms with Gasteiger partial charge in [0.1, 0.15) is 12.1 Å². The van der Waals surface area contributed by atoms with Gasteiger partial charge in [-0.15, -0.1) is 11.6 Å². The zero-order valence-corrected chi connectivity index (χ0v) is 9.62. The Labute approximate surface area is 90.1 Å². The van der Waals surface area contributed by atoms with Crippen LogP contribution in [0.25, 0.3) is 0 Å². The maximum atomic E-state index is 5.74. The van der Waals surface area contributed by atoms with Crippen LogP contribution in [0.1, 0.15) is 19.5 Å². The molecule has 0 amide bonds. The van der Waals surface area contributed by atoms with Gasteiger partial charge in [-0.05, 0) is 20.8 Å². The molecule has 0 aliphatic heterocycles. The van der Waals surface area contributed by atoms with Gasteiger partial charge < -0.3 is 4.90 Å². The lowest BCUT2D eigenvalue weighted by atomic mass is 10.3. The van der Waals surface area contributed by atoms with Crippen molar-refractivity contribution in [3.63, 3.8) is 0 Å². The molecule has 3 nitrogen and oxygen atoms in total. The molecule has 0 bridgehead atoms. The first-order valence-electron chi connectivity index (χ1n) is 4.76. The van der Waals surface area contributed by atoms with E-state index in [-0.39, 0.29) is 0 Å². The van der Waals surface area contributed by atoms with Crippen molar-refractivity contribution in [3.05, 3.63) is 18.1 Å². The summed E-state index contributed by atoms with van der Waals surface area (Å²) >= 11 is 5.74. The Morgan fingerprint density at radius 2 is 2.14 bits per heavy atom. The first-order valence-corrected chi connectivity index (χ1v) is 5.30. The largest absolute Gasteiger partial charge is 0.353 e. The number of hydrogen-bond donors (Lipinski definition) is 0. The molecule has 0 aromatic carbocycles. The van der Waals surface area contributed by atoms with Gasteiger partial charge >= 0.3 is 0 Å². The molecule has 1 aromatic rings. The van der Waals surface area contributed by atoms with Crippen molar-refractivity contribution in [3.8, 4) is 0 Å². The lowest BCUT2D eigenvalue weighted by molar-refractivity contribution is 0.693. The summed E-state index contributed by atoms with van der Waals surface area (Å²) in [6, 6.07) is 2.38. The molecule has 0 saturated carbocycles. The Kier molecular flexibility index (Phi) is 4.14. The van der Waals surface area contributed by atoms with Crippen LogP contribution in [0.5, 0.6) is 0 Å². The average molecular weight is 214 g/mol. The fourth-order valence-corrected chi connectivity index (χ4v) is 1.51. The highest BCUT2D eigenvalue weighted by Crippen LogP contribution is 2.13. The predicted molar refractivity (Wildman–Crippen MR) is 60.0 cm³/mol. The molecule has 1 rings (SSSR count). The fraction of sp³-hybridized carbons (Fsp3) is 0.600. The highest BCUT2D eigenvalue weighted by Gasteiger charge is 2.10. The molecular weight excluding hydrogens is 198 g/mol. The maximum Gasteiger partial charge on any atom is 0.132 e. The molecule has 78 valence electrons. The van der Waals surface area contributed by atoms with Crippen molar-refractivity contribution in [1.29, 1.82) is 0 Å². The molecule has 0 saturated heterocycles. The Hall–Kier alpha value is -0.830. The average Bonchev–Trinajstić information content (AvgIpc) is 2.13. The van der Waals surface area contributed by atoms with Gasteiger partial charge in [-0.3, -0.25) is 0 Å². The molecule has 0 atom stereocenters. The van der Waals surface area contributed by atoms with Crippen LogP contribution in [0.4, 0.5) is 5.82 Å². The van der Waals surface area contributed by atoms with E-state index >= 15 is 0 Å². The smallest absolute Gasteiger partial charge is 0.132 e. The molecule has 0 aliphatic carbocycles. The van der Waals surface area contributed by atoms with E-state index in [1.807, 2.05) is 13.0 Å². The van der Waals surface area contributed by atoms with Gasteiger partial charge in [0.05, 0.1) is 0 Å². The molecule has 1 aromatic heterocycles. The highest BCUT2D eigenvalue weighted by molar-refractivity contribution is 6.18. The van der Waals surface area contributed by atoms with Gasteiger partial charge in [0.25, 0.3) is 0 Å². The van der Waals surface area contributed by atoms with E-state index < -0.39 is 0 Å². The van der Waals surface area contributed by atoms with E-state index in [9.17, 15) is 0 Å². The normalized spacial score (nSPS) is 10.6. The standard InChI is InChI=1S/C10H16ClN3/c1-8(2)14(5-4-11)10-6-9(3)12-7-13-10/h6-8H,4-5H2,1-3H3. The minimum absolute atomic E-state index is 0.406. The summed E-state index contributed by atoms with van der Waals surface area (Å²) in [5.41, 5.74) is 0.982. The quantitative estimate of drug-likeness (QED) is 0.719. The number of alkyl halides is 1. The molecule has 0 N–H and O–H groups in total. The summed E-state index contributed by atoms with van der Waals surface area (Å²) in [4.78, 5) is 10.5. The summed E-state index contributed by atoms with van der Waals surface area (Å²) in [6.07, 6.45) is 1.59. The van der Waals surface area contributed by atoms with Crippen molar-refractivity contribution in [2.75, 3.05) is 17.3 Å². The van der Waals surface area contributed by atoms with E-state index in [2.05, 4.69) is 28.7 Å². The zero-order chi connectivity index (χ0) is 10.6. The van der Waals surface area contributed by atoms with Crippen LogP contribution in [0.3, 0.4) is 0 Å². The summed E-state index contributed by atoms with van der Waals surface area (Å²) in [5, 5.41) is 0. The van der Waals surface area contributed by atoms with Crippen LogP contribution in [0.15, 0.2) is 12.4 Å². The maximum absolute atomic E-state index is 5.74. The monoisotopic (exact) mass is 213 g/mol. The molecule has 14 heavy (non-hydrogen) atoms. The molecule has 1 heterocycles. The number of halogens is 1. The van der Waals surface area contributed by atoms with Crippen molar-refractivity contribution in [2.24, 2.45) is 0 Å². The number of rotatable bonds is 4. The second-order valence-corrected chi connectivity index (χ2v) is 3.87. The van der Waals surface area contributed by atoms with Crippen LogP contribution in [0.2, 0.25) is 0 Å². The molecule has 0 radical (unpaired) electrons. The van der Waals surface area contributed by atoms with Gasteiger partial charge in [0, 0.05) is 30.2 Å². The van der Waals surface area contributed by atoms with Crippen LogP contribution in [-0.4, -0.2) is 28.4 Å². The first kappa shape index (κ1) is 11.2. The Balaban J connectivity index is 2.87. The van der Waals surface area contributed by atoms with E-state index in [1.54, 1.807) is 6.33 Å². The SMILES string of the molecule is Cc1cc(N(CCCl)C(C)C)ncn1. The van der Waals surface area contributed by atoms with E-state index in [4.69, 9.17) is 11.6 Å². The minimum atomic E-state index is 0.406. The van der Waals surface area contributed by atoms with Crippen molar-refractivity contribution >= 4 is 17.4 Å². The third-order valence-corrected chi connectivity index (χ3v) is 2.20. The number of nitrogens with zero attached hydrogens (tertiary/aromatic N) is 3. The lowest BCUT2D eigenvalue weighted by Gasteiger charge is -2.26. The van der Waals surface area contributed by atoms with Crippen LogP contribution in [0, 0.1) is 6.92 Å². The lowest BCUT2D eigenvalue weighted by Crippen LogP contribution is -2.33. The van der Waals surface area contributed by atoms with E-state index in [0.717, 1.165) is 18.1 Å². The fourth-order valence-electron chi connectivity index (χ4n) is 1.33. The second-order valence-electron chi connectivity index (χ2n) is 3.49. The van der Waals surface area contributed by atoms with Crippen LogP contribution >= 0.6 is 11.6 Å². The Morgan fingerprint density at radius 1 is 1.43 bits per heavy atom. The Bertz CT molecular complexity index is 288. The van der Waals surface area contributed by atoms with E-state index in [0.29, 0.717) is 11.9 Å². The molecule has 0 aliphatic rings. The number of aryl methyl sites for hydroxylation is 1. The van der Waals surface area contributed by atoms with Gasteiger partial charge in [0.15, 0.2) is 0 Å².